The minimum absolute atomic E-state index is 0.0369. The van der Waals surface area contributed by atoms with Gasteiger partial charge in [-0.3, -0.25) is 0 Å². The standard InChI is InChI=1S/C15H21NO4S/c1-11-5-6-12(10-17)9-15(11)21(18,19)16-7-8-20-14-4-2-3-13(14)16/h5-6,9,13-14,17H,2-4,7-8,10H2,1H3. The van der Waals surface area contributed by atoms with Crippen LogP contribution in [-0.4, -0.2) is 43.1 Å². The van der Waals surface area contributed by atoms with Crippen molar-refractivity contribution in [2.24, 2.45) is 0 Å². The zero-order chi connectivity index (χ0) is 15.0. The molecule has 5 nitrogen and oxygen atoms in total. The molecule has 2 unspecified atom stereocenters. The van der Waals surface area contributed by atoms with Crippen LogP contribution in [0.2, 0.25) is 0 Å². The zero-order valence-corrected chi connectivity index (χ0v) is 13.0. The van der Waals surface area contributed by atoms with Crippen molar-refractivity contribution in [3.63, 3.8) is 0 Å². The molecule has 1 N–H and O–H groups in total. The number of fused-ring (bicyclic) bond motifs is 1. The maximum absolute atomic E-state index is 13.0. The molecule has 1 saturated heterocycles. The summed E-state index contributed by atoms with van der Waals surface area (Å²) >= 11 is 0. The van der Waals surface area contributed by atoms with Crippen LogP contribution in [-0.2, 0) is 21.4 Å². The van der Waals surface area contributed by atoms with Crippen LogP contribution in [0.5, 0.6) is 0 Å². The highest BCUT2D eigenvalue weighted by Gasteiger charge is 2.42. The molecule has 0 spiro atoms. The van der Waals surface area contributed by atoms with Gasteiger partial charge in [0, 0.05) is 6.54 Å². The number of nitrogens with zero attached hydrogens (tertiary/aromatic N) is 1. The van der Waals surface area contributed by atoms with Crippen LogP contribution in [0.4, 0.5) is 0 Å². The molecule has 1 aromatic carbocycles. The second-order valence-electron chi connectivity index (χ2n) is 5.78. The third kappa shape index (κ3) is 2.61. The Kier molecular flexibility index (Phi) is 4.05. The molecule has 1 heterocycles. The van der Waals surface area contributed by atoms with Gasteiger partial charge in [-0.1, -0.05) is 12.1 Å². The molecule has 3 rings (SSSR count). The smallest absolute Gasteiger partial charge is 0.243 e. The third-order valence-electron chi connectivity index (χ3n) is 4.45. The van der Waals surface area contributed by atoms with Crippen LogP contribution in [0.25, 0.3) is 0 Å². The molecule has 2 atom stereocenters. The highest BCUT2D eigenvalue weighted by atomic mass is 32.2. The Balaban J connectivity index is 2.00. The van der Waals surface area contributed by atoms with Gasteiger partial charge in [0.25, 0.3) is 0 Å². The molecule has 21 heavy (non-hydrogen) atoms. The number of aliphatic hydroxyl groups is 1. The second kappa shape index (κ2) is 5.68. The lowest BCUT2D eigenvalue weighted by molar-refractivity contribution is -0.0241. The quantitative estimate of drug-likeness (QED) is 0.917. The molecule has 6 heteroatoms. The number of rotatable bonds is 3. The van der Waals surface area contributed by atoms with Crippen molar-refractivity contribution in [2.75, 3.05) is 13.2 Å². The summed E-state index contributed by atoms with van der Waals surface area (Å²) in [5.74, 6) is 0. The maximum atomic E-state index is 13.0. The van der Waals surface area contributed by atoms with Gasteiger partial charge >= 0.3 is 0 Å². The van der Waals surface area contributed by atoms with Crippen molar-refractivity contribution in [3.8, 4) is 0 Å². The van der Waals surface area contributed by atoms with Gasteiger partial charge in [-0.2, -0.15) is 4.31 Å². The fourth-order valence-electron chi connectivity index (χ4n) is 3.34. The first-order chi connectivity index (χ1) is 10.0. The zero-order valence-electron chi connectivity index (χ0n) is 12.2. The van der Waals surface area contributed by atoms with E-state index in [0.29, 0.717) is 29.2 Å². The molecule has 2 aliphatic rings. The Morgan fingerprint density at radius 1 is 1.38 bits per heavy atom. The SMILES string of the molecule is Cc1ccc(CO)cc1S(=O)(=O)N1CCOC2CCCC21. The van der Waals surface area contributed by atoms with Gasteiger partial charge < -0.3 is 9.84 Å². The number of ether oxygens (including phenoxy) is 1. The molecule has 0 bridgehead atoms. The third-order valence-corrected chi connectivity index (χ3v) is 6.52. The molecule has 1 aliphatic carbocycles. The summed E-state index contributed by atoms with van der Waals surface area (Å²) in [7, 11) is -3.54. The topological polar surface area (TPSA) is 66.8 Å². The lowest BCUT2D eigenvalue weighted by Crippen LogP contribution is -2.51. The summed E-state index contributed by atoms with van der Waals surface area (Å²) in [6, 6.07) is 5.06. The van der Waals surface area contributed by atoms with Crippen LogP contribution >= 0.6 is 0 Å². The minimum atomic E-state index is -3.54. The van der Waals surface area contributed by atoms with E-state index in [1.54, 1.807) is 29.4 Å². The molecule has 1 saturated carbocycles. The van der Waals surface area contributed by atoms with Gasteiger partial charge in [0.1, 0.15) is 0 Å². The van der Waals surface area contributed by atoms with Gasteiger partial charge in [0.05, 0.1) is 30.3 Å². The van der Waals surface area contributed by atoms with E-state index in [4.69, 9.17) is 4.74 Å². The van der Waals surface area contributed by atoms with E-state index >= 15 is 0 Å². The van der Waals surface area contributed by atoms with E-state index in [0.717, 1.165) is 19.3 Å². The van der Waals surface area contributed by atoms with E-state index in [1.165, 1.54) is 0 Å². The van der Waals surface area contributed by atoms with E-state index in [-0.39, 0.29) is 18.8 Å². The largest absolute Gasteiger partial charge is 0.392 e. The van der Waals surface area contributed by atoms with Crippen LogP contribution in [0.3, 0.4) is 0 Å². The van der Waals surface area contributed by atoms with Crippen molar-refractivity contribution in [1.29, 1.82) is 0 Å². The lowest BCUT2D eigenvalue weighted by atomic mass is 10.2. The fraction of sp³-hybridized carbons (Fsp3) is 0.600. The first-order valence-corrected chi connectivity index (χ1v) is 8.82. The first-order valence-electron chi connectivity index (χ1n) is 7.38. The highest BCUT2D eigenvalue weighted by molar-refractivity contribution is 7.89. The molecule has 116 valence electrons. The van der Waals surface area contributed by atoms with Crippen molar-refractivity contribution < 1.29 is 18.3 Å². The van der Waals surface area contributed by atoms with Gasteiger partial charge in [0.15, 0.2) is 0 Å². The average Bonchev–Trinajstić information content (AvgIpc) is 2.95. The van der Waals surface area contributed by atoms with E-state index < -0.39 is 10.0 Å². The van der Waals surface area contributed by atoms with Crippen molar-refractivity contribution in [2.45, 2.75) is 49.8 Å². The van der Waals surface area contributed by atoms with Crippen molar-refractivity contribution in [1.82, 2.24) is 4.31 Å². The summed E-state index contributed by atoms with van der Waals surface area (Å²) in [6.07, 6.45) is 2.85. The van der Waals surface area contributed by atoms with Gasteiger partial charge in [0.2, 0.25) is 10.0 Å². The predicted octanol–water partition coefficient (Wildman–Crippen LogP) is 1.43. The molecule has 0 amide bonds. The number of benzene rings is 1. The molecule has 0 aromatic heterocycles. The fourth-order valence-corrected chi connectivity index (χ4v) is 5.28. The van der Waals surface area contributed by atoms with E-state index in [1.807, 2.05) is 0 Å². The number of morpholine rings is 1. The minimum Gasteiger partial charge on any atom is -0.392 e. The number of aliphatic hydroxyl groups excluding tert-OH is 1. The van der Waals surface area contributed by atoms with Crippen LogP contribution in [0, 0.1) is 6.92 Å². The number of sulfonamides is 1. The van der Waals surface area contributed by atoms with Crippen molar-refractivity contribution in [3.05, 3.63) is 29.3 Å². The summed E-state index contributed by atoms with van der Waals surface area (Å²) in [5, 5.41) is 9.25. The van der Waals surface area contributed by atoms with Crippen molar-refractivity contribution >= 4 is 10.0 Å². The van der Waals surface area contributed by atoms with E-state index in [9.17, 15) is 13.5 Å². The Bertz CT molecular complexity index is 629. The number of hydrogen-bond acceptors (Lipinski definition) is 4. The number of aryl methyl sites for hydroxylation is 1. The second-order valence-corrected chi connectivity index (χ2v) is 7.64. The lowest BCUT2D eigenvalue weighted by Gasteiger charge is -2.36. The molecule has 1 aliphatic heterocycles. The van der Waals surface area contributed by atoms with Gasteiger partial charge in [-0.05, 0) is 43.4 Å². The molecular weight excluding hydrogens is 290 g/mol. The molecule has 2 fully saturated rings. The highest BCUT2D eigenvalue weighted by Crippen LogP contribution is 2.34. The monoisotopic (exact) mass is 311 g/mol. The summed E-state index contributed by atoms with van der Waals surface area (Å²) < 4.78 is 33.3. The van der Waals surface area contributed by atoms with Crippen LogP contribution in [0.1, 0.15) is 30.4 Å². The molecule has 1 aromatic rings. The average molecular weight is 311 g/mol. The van der Waals surface area contributed by atoms with E-state index in [2.05, 4.69) is 0 Å². The first kappa shape index (κ1) is 15.0. The van der Waals surface area contributed by atoms with Gasteiger partial charge in [-0.15, -0.1) is 0 Å². The van der Waals surface area contributed by atoms with Crippen LogP contribution in [0.15, 0.2) is 23.1 Å². The Morgan fingerprint density at radius 2 is 2.19 bits per heavy atom. The Morgan fingerprint density at radius 3 is 2.95 bits per heavy atom. The van der Waals surface area contributed by atoms with Gasteiger partial charge in [-0.25, -0.2) is 8.42 Å². The maximum Gasteiger partial charge on any atom is 0.243 e. The normalized spacial score (nSPS) is 26.8. The molecular formula is C15H21NO4S. The Hall–Kier alpha value is -0.950. The number of hydrogen-bond donors (Lipinski definition) is 1. The summed E-state index contributed by atoms with van der Waals surface area (Å²) in [6.45, 7) is 2.50. The summed E-state index contributed by atoms with van der Waals surface area (Å²) in [4.78, 5) is 0.307. The molecule has 0 radical (unpaired) electrons. The summed E-state index contributed by atoms with van der Waals surface area (Å²) in [5.41, 5.74) is 1.34. The predicted molar refractivity (Wildman–Crippen MR) is 78.4 cm³/mol. The van der Waals surface area contributed by atoms with Crippen LogP contribution < -0.4 is 0 Å². The Labute approximate surface area is 125 Å².